The van der Waals surface area contributed by atoms with E-state index in [0.717, 1.165) is 0 Å². The van der Waals surface area contributed by atoms with Crippen molar-refractivity contribution < 1.29 is 22.6 Å². The van der Waals surface area contributed by atoms with Crippen LogP contribution in [0.3, 0.4) is 0 Å². The zero-order valence-corrected chi connectivity index (χ0v) is 9.21. The van der Waals surface area contributed by atoms with Gasteiger partial charge in [0.2, 0.25) is 5.95 Å². The highest BCUT2D eigenvalue weighted by Gasteiger charge is 2.27. The number of hydrogen-bond donors (Lipinski definition) is 1. The minimum Gasteiger partial charge on any atom is -0.467 e. The first-order valence-corrected chi connectivity index (χ1v) is 4.62. The average molecular weight is 252 g/mol. The summed E-state index contributed by atoms with van der Waals surface area (Å²) in [7, 11) is 2.88. The highest BCUT2D eigenvalue weighted by atomic mass is 19.4. The van der Waals surface area contributed by atoms with Crippen molar-refractivity contribution in [2.45, 2.75) is 12.6 Å². The molecule has 0 unspecified atom stereocenters. The molecule has 9 heteroatoms. The number of nitrogens with one attached hydrogen (secondary N) is 1. The predicted octanol–water partition coefficient (Wildman–Crippen LogP) is 1.25. The molecule has 0 radical (unpaired) electrons. The molecule has 0 bridgehead atoms. The molecular weight excluding hydrogens is 241 g/mol. The third-order valence-electron chi connectivity index (χ3n) is 1.62. The molecule has 0 fully saturated rings. The molecule has 0 atom stereocenters. The van der Waals surface area contributed by atoms with Crippen LogP contribution in [-0.2, 0) is 0 Å². The van der Waals surface area contributed by atoms with Gasteiger partial charge in [-0.25, -0.2) is 0 Å². The van der Waals surface area contributed by atoms with E-state index in [0.29, 0.717) is 0 Å². The molecule has 1 aromatic heterocycles. The highest BCUT2D eigenvalue weighted by molar-refractivity contribution is 5.26. The number of halogens is 3. The summed E-state index contributed by atoms with van der Waals surface area (Å²) >= 11 is 0. The van der Waals surface area contributed by atoms with Crippen molar-refractivity contribution in [3.63, 3.8) is 0 Å². The molecular formula is C8H11F3N4O2. The van der Waals surface area contributed by atoms with E-state index in [1.807, 2.05) is 0 Å². The highest BCUT2D eigenvalue weighted by Crippen LogP contribution is 2.20. The van der Waals surface area contributed by atoms with Crippen LogP contribution < -0.4 is 14.8 Å². The van der Waals surface area contributed by atoms with Crippen LogP contribution in [0.5, 0.6) is 12.0 Å². The fraction of sp³-hybridized carbons (Fsp3) is 0.625. The van der Waals surface area contributed by atoms with Gasteiger partial charge >= 0.3 is 18.2 Å². The van der Waals surface area contributed by atoms with Gasteiger partial charge in [-0.2, -0.15) is 23.1 Å². The fourth-order valence-electron chi connectivity index (χ4n) is 0.864. The lowest BCUT2D eigenvalue weighted by Crippen LogP contribution is -2.14. The van der Waals surface area contributed by atoms with Crippen molar-refractivity contribution in [2.24, 2.45) is 0 Å². The summed E-state index contributed by atoms with van der Waals surface area (Å²) in [6.07, 6.45) is -5.35. The van der Waals surface area contributed by atoms with E-state index in [4.69, 9.17) is 9.47 Å². The maximum Gasteiger partial charge on any atom is 0.392 e. The molecule has 0 aliphatic rings. The number of aromatic nitrogens is 3. The Morgan fingerprint density at radius 3 is 2.35 bits per heavy atom. The van der Waals surface area contributed by atoms with Gasteiger partial charge in [0, 0.05) is 7.05 Å². The van der Waals surface area contributed by atoms with Gasteiger partial charge in [0.15, 0.2) is 0 Å². The largest absolute Gasteiger partial charge is 0.467 e. The first-order valence-electron chi connectivity index (χ1n) is 4.62. The Labute approximate surface area is 95.2 Å². The second kappa shape index (κ2) is 5.51. The summed E-state index contributed by atoms with van der Waals surface area (Å²) in [5, 5.41) is 2.60. The van der Waals surface area contributed by atoms with E-state index in [9.17, 15) is 13.2 Å². The minimum atomic E-state index is -4.27. The first-order chi connectivity index (χ1) is 7.94. The first kappa shape index (κ1) is 13.3. The molecule has 17 heavy (non-hydrogen) atoms. The van der Waals surface area contributed by atoms with Crippen molar-refractivity contribution in [2.75, 3.05) is 26.1 Å². The zero-order valence-electron chi connectivity index (χ0n) is 9.21. The Morgan fingerprint density at radius 2 is 1.82 bits per heavy atom. The van der Waals surface area contributed by atoms with Gasteiger partial charge in [0.05, 0.1) is 13.5 Å². The summed E-state index contributed by atoms with van der Waals surface area (Å²) in [5.74, 6) is 0.152. The normalized spacial score (nSPS) is 11.1. The molecule has 1 rings (SSSR count). The van der Waals surface area contributed by atoms with Gasteiger partial charge in [-0.1, -0.05) is 0 Å². The number of hydrogen-bond acceptors (Lipinski definition) is 6. The standard InChI is InChI=1S/C8H11F3N4O2/c1-12-5-13-6(16-2)15-7(14-5)17-4-3-8(9,10)11/h3-4H2,1-2H3,(H,12,13,14,15). The Balaban J connectivity index is 2.64. The number of nitrogens with zero attached hydrogens (tertiary/aromatic N) is 3. The van der Waals surface area contributed by atoms with Crippen molar-refractivity contribution in [3.05, 3.63) is 0 Å². The molecule has 6 nitrogen and oxygen atoms in total. The van der Waals surface area contributed by atoms with E-state index < -0.39 is 19.2 Å². The van der Waals surface area contributed by atoms with Gasteiger partial charge in [-0.15, -0.1) is 4.98 Å². The Morgan fingerprint density at radius 1 is 1.18 bits per heavy atom. The number of anilines is 1. The van der Waals surface area contributed by atoms with Crippen molar-refractivity contribution in [1.82, 2.24) is 15.0 Å². The molecule has 0 spiro atoms. The second-order valence-electron chi connectivity index (χ2n) is 2.89. The van der Waals surface area contributed by atoms with E-state index in [-0.39, 0.29) is 18.0 Å². The molecule has 0 aliphatic heterocycles. The van der Waals surface area contributed by atoms with Crippen LogP contribution in [0.4, 0.5) is 19.1 Å². The average Bonchev–Trinajstić information content (AvgIpc) is 2.26. The fourth-order valence-corrected chi connectivity index (χ4v) is 0.864. The lowest BCUT2D eigenvalue weighted by Gasteiger charge is -2.08. The minimum absolute atomic E-state index is 0.0358. The maximum atomic E-state index is 11.9. The van der Waals surface area contributed by atoms with Crippen molar-refractivity contribution >= 4 is 5.95 Å². The molecule has 0 aliphatic carbocycles. The lowest BCUT2D eigenvalue weighted by molar-refractivity contribution is -0.139. The molecule has 1 heterocycles. The predicted molar refractivity (Wildman–Crippen MR) is 52.1 cm³/mol. The summed E-state index contributed by atoms with van der Waals surface area (Å²) in [6.45, 7) is -0.556. The Kier molecular flexibility index (Phi) is 4.30. The number of alkyl halides is 3. The summed E-state index contributed by atoms with van der Waals surface area (Å²) < 4.78 is 45.1. The van der Waals surface area contributed by atoms with E-state index in [1.165, 1.54) is 7.11 Å². The van der Waals surface area contributed by atoms with Gasteiger partial charge < -0.3 is 14.8 Å². The van der Waals surface area contributed by atoms with E-state index in [1.54, 1.807) is 7.05 Å². The zero-order chi connectivity index (χ0) is 12.9. The number of rotatable bonds is 5. The molecule has 0 saturated heterocycles. The van der Waals surface area contributed by atoms with Crippen LogP contribution in [-0.4, -0.2) is 41.9 Å². The topological polar surface area (TPSA) is 69.2 Å². The summed E-state index contributed by atoms with van der Waals surface area (Å²) in [4.78, 5) is 11.1. The lowest BCUT2D eigenvalue weighted by atomic mass is 10.4. The van der Waals surface area contributed by atoms with Crippen LogP contribution in [0.1, 0.15) is 6.42 Å². The number of ether oxygens (including phenoxy) is 2. The second-order valence-corrected chi connectivity index (χ2v) is 2.89. The third-order valence-corrected chi connectivity index (χ3v) is 1.62. The van der Waals surface area contributed by atoms with Gasteiger partial charge in [0.25, 0.3) is 0 Å². The molecule has 1 aromatic rings. The van der Waals surface area contributed by atoms with Gasteiger partial charge in [-0.05, 0) is 0 Å². The monoisotopic (exact) mass is 252 g/mol. The van der Waals surface area contributed by atoms with Crippen LogP contribution in [0.25, 0.3) is 0 Å². The molecule has 0 aromatic carbocycles. The van der Waals surface area contributed by atoms with Crippen LogP contribution in [0.2, 0.25) is 0 Å². The summed E-state index contributed by atoms with van der Waals surface area (Å²) in [6, 6.07) is -0.253. The van der Waals surface area contributed by atoms with Gasteiger partial charge in [0.1, 0.15) is 6.61 Å². The third kappa shape index (κ3) is 4.70. The number of methoxy groups -OCH3 is 1. The SMILES string of the molecule is CNc1nc(OC)nc(OCCC(F)(F)F)n1. The Hall–Kier alpha value is -1.80. The van der Waals surface area contributed by atoms with E-state index >= 15 is 0 Å². The quantitative estimate of drug-likeness (QED) is 0.850. The van der Waals surface area contributed by atoms with E-state index in [2.05, 4.69) is 20.3 Å². The van der Waals surface area contributed by atoms with Crippen molar-refractivity contribution in [3.8, 4) is 12.0 Å². The molecule has 0 amide bonds. The van der Waals surface area contributed by atoms with Crippen LogP contribution in [0.15, 0.2) is 0 Å². The molecule has 96 valence electrons. The van der Waals surface area contributed by atoms with Crippen LogP contribution in [0, 0.1) is 0 Å². The summed E-state index contributed by atoms with van der Waals surface area (Å²) in [5.41, 5.74) is 0. The van der Waals surface area contributed by atoms with Crippen molar-refractivity contribution in [1.29, 1.82) is 0 Å². The smallest absolute Gasteiger partial charge is 0.392 e. The van der Waals surface area contributed by atoms with Crippen LogP contribution >= 0.6 is 0 Å². The molecule has 0 saturated carbocycles. The molecule has 1 N–H and O–H groups in total. The van der Waals surface area contributed by atoms with Gasteiger partial charge in [-0.3, -0.25) is 0 Å². The maximum absolute atomic E-state index is 11.9. The Bertz CT molecular complexity index is 350.